The van der Waals surface area contributed by atoms with Gasteiger partial charge in [-0.25, -0.2) is 0 Å². The Morgan fingerprint density at radius 2 is 1.74 bits per heavy atom. The van der Waals surface area contributed by atoms with E-state index in [-0.39, 0.29) is 0 Å². The lowest BCUT2D eigenvalue weighted by atomic mass is 10.1. The number of benzene rings is 1. The predicted octanol–water partition coefficient (Wildman–Crippen LogP) is 4.77. The molecule has 1 aromatic rings. The smallest absolute Gasteiger partial charge is 0.123 e. The van der Waals surface area contributed by atoms with Crippen molar-refractivity contribution in [2.24, 2.45) is 0 Å². The van der Waals surface area contributed by atoms with Crippen LogP contribution in [-0.4, -0.2) is 13.2 Å². The second kappa shape index (κ2) is 9.48. The molecule has 0 bridgehead atoms. The molecule has 1 rings (SSSR count). The van der Waals surface area contributed by atoms with Crippen molar-refractivity contribution in [3.8, 4) is 11.5 Å². The molecule has 0 saturated heterocycles. The molecular formula is C17H26O2. The van der Waals surface area contributed by atoms with E-state index >= 15 is 0 Å². The van der Waals surface area contributed by atoms with Gasteiger partial charge in [0.15, 0.2) is 0 Å². The van der Waals surface area contributed by atoms with E-state index in [0.717, 1.165) is 62.4 Å². The van der Waals surface area contributed by atoms with Crippen molar-refractivity contribution in [1.82, 2.24) is 0 Å². The topological polar surface area (TPSA) is 18.5 Å². The molecule has 0 N–H and O–H groups in total. The Morgan fingerprint density at radius 1 is 1.05 bits per heavy atom. The Kier molecular flexibility index (Phi) is 7.80. The average molecular weight is 262 g/mol. The zero-order chi connectivity index (χ0) is 13.9. The second-order valence-electron chi connectivity index (χ2n) is 4.67. The third-order valence-corrected chi connectivity index (χ3v) is 2.92. The number of allylic oxidation sites excluding steroid dienone is 1. The van der Waals surface area contributed by atoms with Crippen molar-refractivity contribution in [3.63, 3.8) is 0 Å². The van der Waals surface area contributed by atoms with Crippen LogP contribution in [0.4, 0.5) is 0 Å². The van der Waals surface area contributed by atoms with Crippen LogP contribution in [0.15, 0.2) is 30.9 Å². The molecule has 19 heavy (non-hydrogen) atoms. The second-order valence-corrected chi connectivity index (χ2v) is 4.67. The number of ether oxygens (including phenoxy) is 2. The van der Waals surface area contributed by atoms with E-state index in [4.69, 9.17) is 9.47 Å². The van der Waals surface area contributed by atoms with Crippen molar-refractivity contribution in [1.29, 1.82) is 0 Å². The van der Waals surface area contributed by atoms with E-state index in [2.05, 4.69) is 26.5 Å². The molecule has 0 atom stereocenters. The Labute approximate surface area is 117 Å². The van der Waals surface area contributed by atoms with Gasteiger partial charge >= 0.3 is 0 Å². The summed E-state index contributed by atoms with van der Waals surface area (Å²) >= 11 is 0. The quantitative estimate of drug-likeness (QED) is 0.446. The third kappa shape index (κ3) is 5.82. The fourth-order valence-corrected chi connectivity index (χ4v) is 1.76. The zero-order valence-corrected chi connectivity index (χ0v) is 12.3. The number of unbranched alkanes of at least 4 members (excludes halogenated alkanes) is 2. The highest BCUT2D eigenvalue weighted by Crippen LogP contribution is 2.25. The summed E-state index contributed by atoms with van der Waals surface area (Å²) < 4.78 is 11.5. The summed E-state index contributed by atoms with van der Waals surface area (Å²) in [6, 6.07) is 6.07. The monoisotopic (exact) mass is 262 g/mol. The predicted molar refractivity (Wildman–Crippen MR) is 81.1 cm³/mol. The summed E-state index contributed by atoms with van der Waals surface area (Å²) in [5, 5.41) is 0. The van der Waals surface area contributed by atoms with E-state index in [1.807, 2.05) is 18.2 Å². The van der Waals surface area contributed by atoms with Crippen LogP contribution in [0.5, 0.6) is 11.5 Å². The van der Waals surface area contributed by atoms with Crippen molar-refractivity contribution in [2.75, 3.05) is 13.2 Å². The summed E-state index contributed by atoms with van der Waals surface area (Å²) in [6.45, 7) is 9.68. The molecule has 0 fully saturated rings. The summed E-state index contributed by atoms with van der Waals surface area (Å²) in [6.07, 6.45) is 7.19. The third-order valence-electron chi connectivity index (χ3n) is 2.92. The summed E-state index contributed by atoms with van der Waals surface area (Å²) in [4.78, 5) is 0. The fraction of sp³-hybridized carbons (Fsp3) is 0.529. The number of hydrogen-bond acceptors (Lipinski definition) is 2. The lowest BCUT2D eigenvalue weighted by Crippen LogP contribution is -2.01. The van der Waals surface area contributed by atoms with Gasteiger partial charge in [-0.05, 0) is 37.5 Å². The van der Waals surface area contributed by atoms with Crippen LogP contribution in [0.1, 0.15) is 45.1 Å². The molecule has 0 heterocycles. The first-order chi connectivity index (χ1) is 9.31. The van der Waals surface area contributed by atoms with Gasteiger partial charge in [0.2, 0.25) is 0 Å². The first-order valence-electron chi connectivity index (χ1n) is 7.31. The lowest BCUT2D eigenvalue weighted by Gasteiger charge is -2.12. The fourth-order valence-electron chi connectivity index (χ4n) is 1.76. The molecule has 0 unspecified atom stereocenters. The highest BCUT2D eigenvalue weighted by atomic mass is 16.5. The Hall–Kier alpha value is -1.44. The van der Waals surface area contributed by atoms with Gasteiger partial charge in [-0.15, -0.1) is 6.58 Å². The van der Waals surface area contributed by atoms with E-state index in [9.17, 15) is 0 Å². The van der Waals surface area contributed by atoms with Crippen LogP contribution in [-0.2, 0) is 6.42 Å². The first-order valence-corrected chi connectivity index (χ1v) is 7.31. The first kappa shape index (κ1) is 15.6. The Bertz CT molecular complexity index is 372. The van der Waals surface area contributed by atoms with Gasteiger partial charge in [0.25, 0.3) is 0 Å². The minimum atomic E-state index is 0.774. The Balaban J connectivity index is 2.67. The zero-order valence-electron chi connectivity index (χ0n) is 12.3. The van der Waals surface area contributed by atoms with Gasteiger partial charge in [0.1, 0.15) is 11.5 Å². The summed E-state index contributed by atoms with van der Waals surface area (Å²) in [5.74, 6) is 1.88. The molecule has 0 radical (unpaired) electrons. The summed E-state index contributed by atoms with van der Waals surface area (Å²) in [5.41, 5.74) is 1.15. The van der Waals surface area contributed by atoms with Gasteiger partial charge in [-0.3, -0.25) is 0 Å². The highest BCUT2D eigenvalue weighted by Gasteiger charge is 2.05. The number of hydrogen-bond donors (Lipinski definition) is 0. The van der Waals surface area contributed by atoms with Gasteiger partial charge in [0.05, 0.1) is 13.2 Å². The number of rotatable bonds is 10. The van der Waals surface area contributed by atoms with Crippen LogP contribution in [0.3, 0.4) is 0 Å². The van der Waals surface area contributed by atoms with E-state index in [1.54, 1.807) is 0 Å². The molecule has 0 saturated carbocycles. The molecule has 2 nitrogen and oxygen atoms in total. The van der Waals surface area contributed by atoms with E-state index < -0.39 is 0 Å². The molecular weight excluding hydrogens is 236 g/mol. The van der Waals surface area contributed by atoms with Gasteiger partial charge in [-0.1, -0.05) is 32.8 Å². The molecule has 0 amide bonds. The molecule has 0 aliphatic rings. The van der Waals surface area contributed by atoms with Crippen molar-refractivity contribution in [2.45, 2.75) is 46.0 Å². The van der Waals surface area contributed by atoms with Crippen molar-refractivity contribution < 1.29 is 9.47 Å². The molecule has 2 heteroatoms. The highest BCUT2D eigenvalue weighted by molar-refractivity contribution is 5.41. The van der Waals surface area contributed by atoms with Crippen LogP contribution < -0.4 is 9.47 Å². The SMILES string of the molecule is C=CCc1cc(OCCCC)ccc1OCCCC. The Morgan fingerprint density at radius 3 is 2.37 bits per heavy atom. The van der Waals surface area contributed by atoms with Crippen LogP contribution in [0, 0.1) is 0 Å². The molecule has 0 aliphatic carbocycles. The van der Waals surface area contributed by atoms with Gasteiger partial charge in [0, 0.05) is 5.56 Å². The van der Waals surface area contributed by atoms with E-state index in [1.165, 1.54) is 0 Å². The summed E-state index contributed by atoms with van der Waals surface area (Å²) in [7, 11) is 0. The molecule has 0 spiro atoms. The minimum Gasteiger partial charge on any atom is -0.494 e. The van der Waals surface area contributed by atoms with Crippen molar-refractivity contribution >= 4 is 0 Å². The minimum absolute atomic E-state index is 0.774. The standard InChI is InChI=1S/C17H26O2/c1-4-7-12-18-16-10-11-17(19-13-8-5-2)15(14-16)9-6-3/h6,10-11,14H,3-5,7-9,12-13H2,1-2H3. The van der Waals surface area contributed by atoms with Crippen molar-refractivity contribution in [3.05, 3.63) is 36.4 Å². The molecule has 0 aliphatic heterocycles. The lowest BCUT2D eigenvalue weighted by molar-refractivity contribution is 0.299. The maximum atomic E-state index is 5.81. The maximum Gasteiger partial charge on any atom is 0.123 e. The van der Waals surface area contributed by atoms with Crippen LogP contribution in [0.2, 0.25) is 0 Å². The van der Waals surface area contributed by atoms with Crippen LogP contribution >= 0.6 is 0 Å². The molecule has 106 valence electrons. The molecule has 1 aromatic carbocycles. The van der Waals surface area contributed by atoms with Gasteiger partial charge in [-0.2, -0.15) is 0 Å². The normalized spacial score (nSPS) is 10.2. The maximum absolute atomic E-state index is 5.81. The van der Waals surface area contributed by atoms with Gasteiger partial charge < -0.3 is 9.47 Å². The van der Waals surface area contributed by atoms with Crippen LogP contribution in [0.25, 0.3) is 0 Å². The van der Waals surface area contributed by atoms with E-state index in [0.29, 0.717) is 0 Å². The molecule has 0 aromatic heterocycles. The largest absolute Gasteiger partial charge is 0.494 e. The average Bonchev–Trinajstić information content (AvgIpc) is 2.42.